The molecule has 1 aliphatic carbocycles. The maximum Gasteiger partial charge on any atom is 0.180 e. The van der Waals surface area contributed by atoms with Crippen LogP contribution < -0.4 is 14.8 Å². The van der Waals surface area contributed by atoms with Crippen molar-refractivity contribution in [2.45, 2.75) is 44.9 Å². The van der Waals surface area contributed by atoms with Crippen molar-refractivity contribution in [3.63, 3.8) is 0 Å². The number of halogens is 1. The average molecular weight is 346 g/mol. The summed E-state index contributed by atoms with van der Waals surface area (Å²) in [7, 11) is 1.65. The zero-order valence-corrected chi connectivity index (χ0v) is 14.8. The quantitative estimate of drug-likeness (QED) is 0.769. The Kier molecular flexibility index (Phi) is 6.00. The van der Waals surface area contributed by atoms with Crippen molar-refractivity contribution in [2.75, 3.05) is 7.11 Å². The summed E-state index contributed by atoms with van der Waals surface area (Å²) in [6.07, 6.45) is 5.19. The van der Waals surface area contributed by atoms with Crippen LogP contribution in [0, 0.1) is 0 Å². The van der Waals surface area contributed by atoms with Gasteiger partial charge in [0.05, 0.1) is 12.1 Å². The van der Waals surface area contributed by atoms with E-state index in [1.807, 2.05) is 42.5 Å². The summed E-state index contributed by atoms with van der Waals surface area (Å²) in [6, 6.07) is 14.6. The normalized spacial score (nSPS) is 14.8. The lowest BCUT2D eigenvalue weighted by Crippen LogP contribution is -2.25. The van der Waals surface area contributed by atoms with Gasteiger partial charge in [-0.3, -0.25) is 0 Å². The molecule has 1 aliphatic rings. The maximum atomic E-state index is 6.44. The minimum atomic E-state index is 0.469. The smallest absolute Gasteiger partial charge is 0.180 e. The topological polar surface area (TPSA) is 30.5 Å². The number of ether oxygens (including phenoxy) is 2. The largest absolute Gasteiger partial charge is 0.493 e. The van der Waals surface area contributed by atoms with Crippen LogP contribution in [0.15, 0.2) is 42.5 Å². The van der Waals surface area contributed by atoms with Gasteiger partial charge in [0.25, 0.3) is 0 Å². The molecule has 0 spiro atoms. The number of nitrogens with one attached hydrogen (secondary N) is 1. The lowest BCUT2D eigenvalue weighted by molar-refractivity contribution is 0.284. The summed E-state index contributed by atoms with van der Waals surface area (Å²) in [5.74, 6) is 1.29. The van der Waals surface area contributed by atoms with Crippen LogP contribution >= 0.6 is 11.6 Å². The molecular formula is C20H24ClNO2. The number of hydrogen-bond donors (Lipinski definition) is 1. The molecule has 0 aromatic heterocycles. The van der Waals surface area contributed by atoms with E-state index >= 15 is 0 Å². The minimum absolute atomic E-state index is 0.469. The summed E-state index contributed by atoms with van der Waals surface area (Å²) < 4.78 is 11.4. The fourth-order valence-corrected chi connectivity index (χ4v) is 3.43. The van der Waals surface area contributed by atoms with Crippen LogP contribution in [0.1, 0.15) is 36.8 Å². The lowest BCUT2D eigenvalue weighted by atomic mass is 10.1. The van der Waals surface area contributed by atoms with Gasteiger partial charge in [-0.2, -0.15) is 0 Å². The Morgan fingerprint density at radius 2 is 1.83 bits per heavy atom. The molecule has 4 heteroatoms. The highest BCUT2D eigenvalue weighted by atomic mass is 35.5. The van der Waals surface area contributed by atoms with Crippen molar-refractivity contribution < 1.29 is 9.47 Å². The van der Waals surface area contributed by atoms with E-state index < -0.39 is 0 Å². The molecule has 0 atom stereocenters. The zero-order chi connectivity index (χ0) is 16.8. The maximum absolute atomic E-state index is 6.44. The van der Waals surface area contributed by atoms with Gasteiger partial charge >= 0.3 is 0 Å². The molecule has 1 saturated carbocycles. The first-order valence-corrected chi connectivity index (χ1v) is 8.90. The van der Waals surface area contributed by atoms with Gasteiger partial charge in [-0.15, -0.1) is 0 Å². The van der Waals surface area contributed by atoms with Gasteiger partial charge in [-0.05, 0) is 36.1 Å². The molecule has 1 N–H and O–H groups in total. The van der Waals surface area contributed by atoms with Gasteiger partial charge in [0.1, 0.15) is 6.61 Å². The Balaban J connectivity index is 1.67. The van der Waals surface area contributed by atoms with Crippen LogP contribution in [0.4, 0.5) is 0 Å². The predicted octanol–water partition coefficient (Wildman–Crippen LogP) is 4.96. The first-order chi connectivity index (χ1) is 11.8. The van der Waals surface area contributed by atoms with Crippen molar-refractivity contribution in [3.8, 4) is 11.5 Å². The standard InChI is InChI=1S/C20H24ClNO2/c1-23-19-12-16(13-22-17-9-5-6-10-17)11-18(21)20(19)24-14-15-7-3-2-4-8-15/h2-4,7-8,11-12,17,22H,5-6,9-10,13-14H2,1H3. The highest BCUT2D eigenvalue weighted by Crippen LogP contribution is 2.37. The van der Waals surface area contributed by atoms with E-state index in [1.165, 1.54) is 25.7 Å². The van der Waals surface area contributed by atoms with Crippen LogP contribution in [-0.4, -0.2) is 13.2 Å². The highest BCUT2D eigenvalue weighted by Gasteiger charge is 2.16. The number of benzene rings is 2. The van der Waals surface area contributed by atoms with Gasteiger partial charge in [0.2, 0.25) is 0 Å². The summed E-state index contributed by atoms with van der Waals surface area (Å²) in [5.41, 5.74) is 2.22. The van der Waals surface area contributed by atoms with Crippen LogP contribution in [0.2, 0.25) is 5.02 Å². The second kappa shape index (κ2) is 8.41. The molecule has 0 aliphatic heterocycles. The van der Waals surface area contributed by atoms with Crippen molar-refractivity contribution >= 4 is 11.6 Å². The third-order valence-corrected chi connectivity index (χ3v) is 4.75. The SMILES string of the molecule is COc1cc(CNC2CCCC2)cc(Cl)c1OCc1ccccc1. The molecule has 128 valence electrons. The molecule has 3 nitrogen and oxygen atoms in total. The van der Waals surface area contributed by atoms with E-state index in [9.17, 15) is 0 Å². The molecule has 2 aromatic carbocycles. The molecule has 1 fully saturated rings. The highest BCUT2D eigenvalue weighted by molar-refractivity contribution is 6.32. The second-order valence-electron chi connectivity index (χ2n) is 6.25. The van der Waals surface area contributed by atoms with Gasteiger partial charge in [-0.1, -0.05) is 54.8 Å². The molecule has 0 radical (unpaired) electrons. The van der Waals surface area contributed by atoms with Crippen molar-refractivity contribution in [1.82, 2.24) is 5.32 Å². The Bertz CT molecular complexity index is 654. The number of methoxy groups -OCH3 is 1. The van der Waals surface area contributed by atoms with E-state index in [2.05, 4.69) is 5.32 Å². The van der Waals surface area contributed by atoms with Gasteiger partial charge in [0.15, 0.2) is 11.5 Å². The Morgan fingerprint density at radius 3 is 2.54 bits per heavy atom. The van der Waals surface area contributed by atoms with Crippen LogP contribution in [0.25, 0.3) is 0 Å². The number of hydrogen-bond acceptors (Lipinski definition) is 3. The van der Waals surface area contributed by atoms with Crippen LogP contribution in [-0.2, 0) is 13.2 Å². The molecule has 0 saturated heterocycles. The second-order valence-corrected chi connectivity index (χ2v) is 6.65. The predicted molar refractivity (Wildman–Crippen MR) is 97.9 cm³/mol. The fraction of sp³-hybridized carbons (Fsp3) is 0.400. The first-order valence-electron chi connectivity index (χ1n) is 8.53. The van der Waals surface area contributed by atoms with E-state index in [0.717, 1.165) is 17.7 Å². The van der Waals surface area contributed by atoms with E-state index in [4.69, 9.17) is 21.1 Å². The van der Waals surface area contributed by atoms with Crippen LogP contribution in [0.3, 0.4) is 0 Å². The molecule has 0 unspecified atom stereocenters. The Labute approximate surface area is 148 Å². The van der Waals surface area contributed by atoms with E-state index in [0.29, 0.717) is 29.2 Å². The molecule has 2 aromatic rings. The lowest BCUT2D eigenvalue weighted by Gasteiger charge is -2.16. The van der Waals surface area contributed by atoms with Gasteiger partial charge < -0.3 is 14.8 Å². The Morgan fingerprint density at radius 1 is 1.08 bits per heavy atom. The fourth-order valence-electron chi connectivity index (χ4n) is 3.14. The molecular weight excluding hydrogens is 322 g/mol. The molecule has 0 bridgehead atoms. The zero-order valence-electron chi connectivity index (χ0n) is 14.1. The molecule has 24 heavy (non-hydrogen) atoms. The van der Waals surface area contributed by atoms with Crippen molar-refractivity contribution in [2.24, 2.45) is 0 Å². The molecule has 3 rings (SSSR count). The third-order valence-electron chi connectivity index (χ3n) is 4.47. The summed E-state index contributed by atoms with van der Waals surface area (Å²) in [4.78, 5) is 0. The van der Waals surface area contributed by atoms with E-state index in [1.54, 1.807) is 7.11 Å². The van der Waals surface area contributed by atoms with Gasteiger partial charge in [-0.25, -0.2) is 0 Å². The van der Waals surface area contributed by atoms with E-state index in [-0.39, 0.29) is 0 Å². The number of rotatable bonds is 7. The minimum Gasteiger partial charge on any atom is -0.493 e. The van der Waals surface area contributed by atoms with Crippen molar-refractivity contribution in [1.29, 1.82) is 0 Å². The first kappa shape index (κ1) is 17.1. The van der Waals surface area contributed by atoms with Crippen LogP contribution in [0.5, 0.6) is 11.5 Å². The average Bonchev–Trinajstić information content (AvgIpc) is 3.13. The van der Waals surface area contributed by atoms with Gasteiger partial charge in [0, 0.05) is 12.6 Å². The molecule has 0 amide bonds. The van der Waals surface area contributed by atoms with Crippen molar-refractivity contribution in [3.05, 3.63) is 58.6 Å². The third kappa shape index (κ3) is 4.43. The monoisotopic (exact) mass is 345 g/mol. The Hall–Kier alpha value is -1.71. The summed E-state index contributed by atoms with van der Waals surface area (Å²) in [5, 5.41) is 4.19. The molecule has 0 heterocycles. The summed E-state index contributed by atoms with van der Waals surface area (Å²) in [6.45, 7) is 1.27. The summed E-state index contributed by atoms with van der Waals surface area (Å²) >= 11 is 6.44.